The molecule has 0 bridgehead atoms. The Bertz CT molecular complexity index is 1250. The number of ether oxygens (including phenoxy) is 1. The van der Waals surface area contributed by atoms with Gasteiger partial charge < -0.3 is 25.3 Å². The lowest BCUT2D eigenvalue weighted by Crippen LogP contribution is -2.41. The highest BCUT2D eigenvalue weighted by atomic mass is 16.5. The van der Waals surface area contributed by atoms with Gasteiger partial charge in [0.1, 0.15) is 17.7 Å². The molecule has 5 N–H and O–H groups in total. The van der Waals surface area contributed by atoms with E-state index < -0.39 is 6.04 Å². The summed E-state index contributed by atoms with van der Waals surface area (Å²) in [4.78, 5) is 31.9. The van der Waals surface area contributed by atoms with Crippen LogP contribution in [0.4, 0.5) is 5.69 Å². The van der Waals surface area contributed by atoms with Crippen molar-refractivity contribution in [3.8, 4) is 0 Å². The number of rotatable bonds is 10. The van der Waals surface area contributed by atoms with E-state index in [4.69, 9.17) is 20.9 Å². The molecule has 3 aromatic rings. The van der Waals surface area contributed by atoms with Gasteiger partial charge in [0.05, 0.1) is 30.7 Å². The summed E-state index contributed by atoms with van der Waals surface area (Å²) in [6.45, 7) is 3.96. The minimum atomic E-state index is -0.653. The van der Waals surface area contributed by atoms with Crippen molar-refractivity contribution in [1.82, 2.24) is 19.8 Å². The van der Waals surface area contributed by atoms with Crippen LogP contribution in [0.15, 0.2) is 42.5 Å². The number of nitrogen functional groups attached to an aromatic ring is 1. The Morgan fingerprint density at radius 2 is 1.89 bits per heavy atom. The third kappa shape index (κ3) is 5.65. The summed E-state index contributed by atoms with van der Waals surface area (Å²) in [5.74, 6) is 0.439. The van der Waals surface area contributed by atoms with Crippen molar-refractivity contribution in [2.75, 3.05) is 31.6 Å². The minimum absolute atomic E-state index is 0.0333. The molecule has 1 aliphatic rings. The Kier molecular flexibility index (Phi) is 7.84. The van der Waals surface area contributed by atoms with Crippen LogP contribution in [-0.2, 0) is 27.9 Å². The predicted molar refractivity (Wildman–Crippen MR) is 139 cm³/mol. The zero-order valence-electron chi connectivity index (χ0n) is 20.7. The number of hydrogen-bond donors (Lipinski definition) is 4. The average Bonchev–Trinajstić information content (AvgIpc) is 3.51. The molecule has 36 heavy (non-hydrogen) atoms. The fourth-order valence-electron chi connectivity index (χ4n) is 4.42. The molecule has 10 heteroatoms. The number of hydrogen-bond acceptors (Lipinski definition) is 7. The molecule has 1 atom stereocenters. The van der Waals surface area contributed by atoms with Crippen LogP contribution in [-0.4, -0.2) is 58.4 Å². The molecule has 0 saturated carbocycles. The number of imidazole rings is 1. The lowest BCUT2D eigenvalue weighted by Gasteiger charge is -2.24. The normalized spacial score (nSPS) is 14.1. The molecule has 2 aromatic carbocycles. The fraction of sp³-hybridized carbons (Fsp3) is 0.385. The number of nitrogens with one attached hydrogen (secondary N) is 3. The molecule has 1 fully saturated rings. The highest BCUT2D eigenvalue weighted by molar-refractivity contribution is 5.95. The largest absolute Gasteiger partial charge is 0.465 e. The van der Waals surface area contributed by atoms with Gasteiger partial charge in [0.25, 0.3) is 0 Å². The summed E-state index contributed by atoms with van der Waals surface area (Å²) in [5.41, 5.74) is 9.58. The van der Waals surface area contributed by atoms with Gasteiger partial charge in [-0.05, 0) is 61.7 Å². The summed E-state index contributed by atoms with van der Waals surface area (Å²) < 4.78 is 7.05. The Balaban J connectivity index is 1.54. The third-order valence-electron chi connectivity index (χ3n) is 6.40. The number of aryl methyl sites for hydroxylation is 1. The zero-order chi connectivity index (χ0) is 25.7. The molecule has 1 saturated heterocycles. The number of likely N-dealkylation sites (tertiary alicyclic amines) is 1. The Hall–Kier alpha value is -3.92. The van der Waals surface area contributed by atoms with E-state index in [1.54, 1.807) is 19.1 Å². The standard InChI is InChI=1S/C26H33N7O3/c1-3-36-23(34)16-30-24(26(35)33-12-4-5-13-33)18-8-11-21-20(14-18)31-22(32(21)2)15-29-19-9-6-17(7-10-19)25(27)28/h6-11,14,24,29-30H,3-5,12-13,15-16H2,1-2H3,(H3,27,28). The number of benzene rings is 2. The van der Waals surface area contributed by atoms with Crippen molar-refractivity contribution in [2.45, 2.75) is 32.4 Å². The molecule has 0 aliphatic carbocycles. The van der Waals surface area contributed by atoms with Crippen LogP contribution in [0.3, 0.4) is 0 Å². The van der Waals surface area contributed by atoms with Crippen molar-refractivity contribution >= 4 is 34.4 Å². The second-order valence-electron chi connectivity index (χ2n) is 8.83. The molecule has 1 aromatic heterocycles. The molecule has 0 spiro atoms. The van der Waals surface area contributed by atoms with Gasteiger partial charge in [-0.1, -0.05) is 6.07 Å². The van der Waals surface area contributed by atoms with Crippen molar-refractivity contribution < 1.29 is 14.3 Å². The van der Waals surface area contributed by atoms with Gasteiger partial charge in [-0.15, -0.1) is 0 Å². The fourth-order valence-corrected chi connectivity index (χ4v) is 4.42. The maximum Gasteiger partial charge on any atom is 0.319 e. The quantitative estimate of drug-likeness (QED) is 0.194. The van der Waals surface area contributed by atoms with Crippen molar-refractivity contribution in [2.24, 2.45) is 12.8 Å². The molecule has 0 radical (unpaired) electrons. The Labute approximate surface area is 210 Å². The number of amides is 1. The molecule has 2 heterocycles. The van der Waals surface area contributed by atoms with Crippen molar-refractivity contribution in [3.05, 3.63) is 59.4 Å². The molecule has 1 amide bonds. The smallest absolute Gasteiger partial charge is 0.319 e. The van der Waals surface area contributed by atoms with Gasteiger partial charge in [0, 0.05) is 31.4 Å². The number of fused-ring (bicyclic) bond motifs is 1. The van der Waals surface area contributed by atoms with Crippen LogP contribution < -0.4 is 16.4 Å². The summed E-state index contributed by atoms with van der Waals surface area (Å²) in [5, 5.41) is 14.0. The first-order valence-corrected chi connectivity index (χ1v) is 12.2. The van der Waals surface area contributed by atoms with Crippen LogP contribution in [0.1, 0.15) is 42.8 Å². The third-order valence-corrected chi connectivity index (χ3v) is 6.40. The van der Waals surface area contributed by atoms with Crippen molar-refractivity contribution in [3.63, 3.8) is 0 Å². The van der Waals surface area contributed by atoms with E-state index in [0.717, 1.165) is 54.0 Å². The zero-order valence-corrected chi connectivity index (χ0v) is 20.7. The van der Waals surface area contributed by atoms with E-state index >= 15 is 0 Å². The number of carbonyl (C=O) groups is 2. The van der Waals surface area contributed by atoms with Gasteiger partial charge in [-0.2, -0.15) is 0 Å². The number of nitrogens with two attached hydrogens (primary N) is 1. The van der Waals surface area contributed by atoms with E-state index in [-0.39, 0.29) is 24.3 Å². The monoisotopic (exact) mass is 491 g/mol. The lowest BCUT2D eigenvalue weighted by atomic mass is 10.0. The molecular formula is C26H33N7O3. The first-order valence-electron chi connectivity index (χ1n) is 12.2. The Morgan fingerprint density at radius 3 is 2.56 bits per heavy atom. The van der Waals surface area contributed by atoms with Gasteiger partial charge in [-0.25, -0.2) is 4.98 Å². The number of esters is 1. The molecule has 1 unspecified atom stereocenters. The molecule has 190 valence electrons. The summed E-state index contributed by atoms with van der Waals surface area (Å²) in [6.07, 6.45) is 1.98. The van der Waals surface area contributed by atoms with Crippen LogP contribution in [0, 0.1) is 5.41 Å². The molecule has 4 rings (SSSR count). The van der Waals surface area contributed by atoms with E-state index in [1.807, 2.05) is 46.8 Å². The number of aromatic nitrogens is 2. The SMILES string of the molecule is CCOC(=O)CNC(C(=O)N1CCCC1)c1ccc2c(c1)nc(CNc1ccc(C(=N)N)cc1)n2C. The van der Waals surface area contributed by atoms with E-state index in [9.17, 15) is 9.59 Å². The molecule has 1 aliphatic heterocycles. The van der Waals surface area contributed by atoms with Crippen molar-refractivity contribution in [1.29, 1.82) is 5.41 Å². The summed E-state index contributed by atoms with van der Waals surface area (Å²) in [6, 6.07) is 12.5. The lowest BCUT2D eigenvalue weighted by molar-refractivity contribution is -0.142. The number of nitrogens with zero attached hydrogens (tertiary/aromatic N) is 3. The number of anilines is 1. The van der Waals surface area contributed by atoms with Gasteiger partial charge in [-0.3, -0.25) is 20.3 Å². The van der Waals surface area contributed by atoms with E-state index in [1.165, 1.54) is 0 Å². The topological polar surface area (TPSA) is 138 Å². The van der Waals surface area contributed by atoms with Crippen LogP contribution in [0.25, 0.3) is 11.0 Å². The van der Waals surface area contributed by atoms with Gasteiger partial charge in [0.15, 0.2) is 0 Å². The predicted octanol–water partition coefficient (Wildman–Crippen LogP) is 2.29. The maximum absolute atomic E-state index is 13.3. The Morgan fingerprint density at radius 1 is 1.17 bits per heavy atom. The summed E-state index contributed by atoms with van der Waals surface area (Å²) >= 11 is 0. The van der Waals surface area contributed by atoms with E-state index in [0.29, 0.717) is 18.7 Å². The second-order valence-corrected chi connectivity index (χ2v) is 8.83. The maximum atomic E-state index is 13.3. The van der Waals surface area contributed by atoms with Gasteiger partial charge in [0.2, 0.25) is 5.91 Å². The average molecular weight is 492 g/mol. The minimum Gasteiger partial charge on any atom is -0.465 e. The first kappa shape index (κ1) is 25.2. The van der Waals surface area contributed by atoms with Crippen LogP contribution in [0.5, 0.6) is 0 Å². The number of amidine groups is 1. The second kappa shape index (κ2) is 11.2. The summed E-state index contributed by atoms with van der Waals surface area (Å²) in [7, 11) is 1.96. The molecule has 10 nitrogen and oxygen atoms in total. The first-order chi connectivity index (χ1) is 17.4. The van der Waals surface area contributed by atoms with Crippen LogP contribution >= 0.6 is 0 Å². The van der Waals surface area contributed by atoms with E-state index in [2.05, 4.69) is 10.6 Å². The highest BCUT2D eigenvalue weighted by Crippen LogP contribution is 2.24. The molecular weight excluding hydrogens is 458 g/mol. The van der Waals surface area contributed by atoms with Gasteiger partial charge >= 0.3 is 5.97 Å². The van der Waals surface area contributed by atoms with Crippen LogP contribution in [0.2, 0.25) is 0 Å². The number of carbonyl (C=O) groups excluding carboxylic acids is 2. The highest BCUT2D eigenvalue weighted by Gasteiger charge is 2.28.